The first-order valence-electron chi connectivity index (χ1n) is 6.33. The van der Waals surface area contributed by atoms with Crippen LogP contribution in [0.25, 0.3) is 10.2 Å². The van der Waals surface area contributed by atoms with Crippen LogP contribution in [0.5, 0.6) is 0 Å². The molecule has 0 atom stereocenters. The highest BCUT2D eigenvalue weighted by atomic mass is 32.1. The minimum absolute atomic E-state index is 0.257. The molecular weight excluding hydrogens is 290 g/mol. The van der Waals surface area contributed by atoms with E-state index in [2.05, 4.69) is 10.1 Å². The number of carbonyl (C=O) groups excluding carboxylic acids is 2. The van der Waals surface area contributed by atoms with E-state index in [0.717, 1.165) is 15.9 Å². The SMILES string of the molecule is Cc1nn(C)c2sc(C(=O)OCC(=O)c3ccc[nH]3)cc12. The Kier molecular flexibility index (Phi) is 3.34. The molecule has 7 heteroatoms. The second kappa shape index (κ2) is 5.17. The van der Waals surface area contributed by atoms with Gasteiger partial charge in [-0.05, 0) is 25.1 Å². The summed E-state index contributed by atoms with van der Waals surface area (Å²) in [4.78, 5) is 27.9. The highest BCUT2D eigenvalue weighted by molar-refractivity contribution is 7.20. The van der Waals surface area contributed by atoms with Crippen molar-refractivity contribution in [3.8, 4) is 0 Å². The highest BCUT2D eigenvalue weighted by Gasteiger charge is 2.17. The number of rotatable bonds is 4. The van der Waals surface area contributed by atoms with Gasteiger partial charge in [-0.15, -0.1) is 11.3 Å². The van der Waals surface area contributed by atoms with Gasteiger partial charge in [0.25, 0.3) is 0 Å². The Balaban J connectivity index is 1.72. The number of hydrogen-bond acceptors (Lipinski definition) is 5. The number of H-pyrrole nitrogens is 1. The van der Waals surface area contributed by atoms with Crippen molar-refractivity contribution in [3.05, 3.63) is 40.7 Å². The van der Waals surface area contributed by atoms with Gasteiger partial charge in [0.05, 0.1) is 11.4 Å². The summed E-state index contributed by atoms with van der Waals surface area (Å²) in [6.45, 7) is 1.61. The van der Waals surface area contributed by atoms with Crippen molar-refractivity contribution in [1.82, 2.24) is 14.8 Å². The Hall–Kier alpha value is -2.41. The minimum Gasteiger partial charge on any atom is -0.453 e. The zero-order valence-electron chi connectivity index (χ0n) is 11.5. The number of ketones is 1. The van der Waals surface area contributed by atoms with Crippen molar-refractivity contribution < 1.29 is 14.3 Å². The number of nitrogens with zero attached hydrogens (tertiary/aromatic N) is 2. The maximum Gasteiger partial charge on any atom is 0.348 e. The summed E-state index contributed by atoms with van der Waals surface area (Å²) in [5, 5.41) is 5.21. The van der Waals surface area contributed by atoms with E-state index in [0.29, 0.717) is 10.6 Å². The van der Waals surface area contributed by atoms with Crippen molar-refractivity contribution >= 4 is 33.3 Å². The largest absolute Gasteiger partial charge is 0.453 e. The minimum atomic E-state index is -0.490. The van der Waals surface area contributed by atoms with Gasteiger partial charge < -0.3 is 9.72 Å². The predicted molar refractivity (Wildman–Crippen MR) is 78.7 cm³/mol. The summed E-state index contributed by atoms with van der Waals surface area (Å²) in [6.07, 6.45) is 1.65. The molecule has 0 amide bonds. The van der Waals surface area contributed by atoms with E-state index in [4.69, 9.17) is 4.74 Å². The molecule has 3 heterocycles. The van der Waals surface area contributed by atoms with Gasteiger partial charge in [-0.3, -0.25) is 9.48 Å². The molecule has 0 unspecified atom stereocenters. The average molecular weight is 303 g/mol. The topological polar surface area (TPSA) is 77.0 Å². The summed E-state index contributed by atoms with van der Waals surface area (Å²) in [5.74, 6) is -0.747. The van der Waals surface area contributed by atoms with Gasteiger partial charge in [-0.25, -0.2) is 4.79 Å². The molecule has 1 N–H and O–H groups in total. The molecule has 0 fully saturated rings. The lowest BCUT2D eigenvalue weighted by molar-refractivity contribution is 0.0478. The standard InChI is InChI=1S/C14H13N3O3S/c1-8-9-6-12(21-13(9)17(2)16-8)14(19)20-7-11(18)10-4-3-5-15-10/h3-6,15H,7H2,1-2H3. The Morgan fingerprint density at radius 2 is 2.29 bits per heavy atom. The summed E-state index contributed by atoms with van der Waals surface area (Å²) in [6, 6.07) is 5.12. The number of aromatic nitrogens is 3. The molecule has 0 radical (unpaired) electrons. The van der Waals surface area contributed by atoms with E-state index in [1.807, 2.05) is 14.0 Å². The number of Topliss-reactive ketones (excluding diaryl/α,β-unsaturated/α-hetero) is 1. The summed E-state index contributed by atoms with van der Waals surface area (Å²) >= 11 is 1.31. The van der Waals surface area contributed by atoms with E-state index in [1.54, 1.807) is 29.1 Å². The van der Waals surface area contributed by atoms with E-state index < -0.39 is 5.97 Å². The normalized spacial score (nSPS) is 11.0. The Labute approximate surface area is 124 Å². The van der Waals surface area contributed by atoms with E-state index in [9.17, 15) is 9.59 Å². The van der Waals surface area contributed by atoms with Gasteiger partial charge in [0.15, 0.2) is 6.61 Å². The lowest BCUT2D eigenvalue weighted by Gasteiger charge is -2.01. The maximum atomic E-state index is 12.0. The molecule has 0 spiro atoms. The van der Waals surface area contributed by atoms with Crippen LogP contribution >= 0.6 is 11.3 Å². The number of aromatic amines is 1. The van der Waals surface area contributed by atoms with Crippen LogP contribution in [0, 0.1) is 6.92 Å². The monoisotopic (exact) mass is 303 g/mol. The zero-order valence-corrected chi connectivity index (χ0v) is 12.4. The summed E-state index contributed by atoms with van der Waals surface area (Å²) < 4.78 is 6.80. The third kappa shape index (κ3) is 2.47. The second-order valence-electron chi connectivity index (χ2n) is 4.62. The molecule has 0 aliphatic heterocycles. The highest BCUT2D eigenvalue weighted by Crippen LogP contribution is 2.28. The number of esters is 1. The molecule has 108 valence electrons. The van der Waals surface area contributed by atoms with Gasteiger partial charge in [0.1, 0.15) is 9.71 Å². The number of carbonyl (C=O) groups is 2. The lowest BCUT2D eigenvalue weighted by atomic mass is 10.3. The molecule has 0 aliphatic carbocycles. The van der Waals surface area contributed by atoms with E-state index in [-0.39, 0.29) is 12.4 Å². The fraction of sp³-hybridized carbons (Fsp3) is 0.214. The Morgan fingerprint density at radius 3 is 2.95 bits per heavy atom. The van der Waals surface area contributed by atoms with Crippen molar-refractivity contribution in [2.24, 2.45) is 7.05 Å². The molecule has 0 bridgehead atoms. The number of fused-ring (bicyclic) bond motifs is 1. The van der Waals surface area contributed by atoms with Gasteiger partial charge >= 0.3 is 5.97 Å². The van der Waals surface area contributed by atoms with Crippen molar-refractivity contribution in [1.29, 1.82) is 0 Å². The van der Waals surface area contributed by atoms with Crippen LogP contribution in [0.1, 0.15) is 25.9 Å². The van der Waals surface area contributed by atoms with Gasteiger partial charge in [0, 0.05) is 18.6 Å². The van der Waals surface area contributed by atoms with E-state index >= 15 is 0 Å². The van der Waals surface area contributed by atoms with Crippen LogP contribution in [-0.2, 0) is 11.8 Å². The Morgan fingerprint density at radius 1 is 1.48 bits per heavy atom. The van der Waals surface area contributed by atoms with Gasteiger partial charge in [-0.2, -0.15) is 5.10 Å². The summed E-state index contributed by atoms with van der Waals surface area (Å²) in [7, 11) is 1.83. The van der Waals surface area contributed by atoms with E-state index in [1.165, 1.54) is 11.3 Å². The molecule has 21 heavy (non-hydrogen) atoms. The molecule has 3 aromatic rings. The fourth-order valence-electron chi connectivity index (χ4n) is 2.09. The molecule has 0 saturated carbocycles. The van der Waals surface area contributed by atoms with Crippen LogP contribution in [0.4, 0.5) is 0 Å². The molecule has 3 aromatic heterocycles. The zero-order chi connectivity index (χ0) is 15.0. The van der Waals surface area contributed by atoms with Crippen LogP contribution in [0.2, 0.25) is 0 Å². The first-order valence-corrected chi connectivity index (χ1v) is 7.15. The van der Waals surface area contributed by atoms with Crippen LogP contribution < -0.4 is 0 Å². The Bertz CT molecular complexity index is 780. The lowest BCUT2D eigenvalue weighted by Crippen LogP contribution is -2.13. The number of ether oxygens (including phenoxy) is 1. The smallest absolute Gasteiger partial charge is 0.348 e. The van der Waals surface area contributed by atoms with Crippen molar-refractivity contribution in [2.45, 2.75) is 6.92 Å². The van der Waals surface area contributed by atoms with Crippen LogP contribution in [0.15, 0.2) is 24.4 Å². The maximum absolute atomic E-state index is 12.0. The number of hydrogen-bond donors (Lipinski definition) is 1. The molecule has 3 rings (SSSR count). The average Bonchev–Trinajstić information content (AvgIpc) is 3.15. The molecule has 6 nitrogen and oxygen atoms in total. The number of thiophene rings is 1. The third-order valence-corrected chi connectivity index (χ3v) is 4.31. The van der Waals surface area contributed by atoms with Gasteiger partial charge in [0.2, 0.25) is 5.78 Å². The molecular formula is C14H13N3O3S. The number of nitrogens with one attached hydrogen (secondary N) is 1. The van der Waals surface area contributed by atoms with Crippen LogP contribution in [0.3, 0.4) is 0 Å². The molecule has 0 aliphatic rings. The predicted octanol–water partition coefficient (Wildman–Crippen LogP) is 2.31. The second-order valence-corrected chi connectivity index (χ2v) is 5.65. The van der Waals surface area contributed by atoms with Crippen molar-refractivity contribution in [2.75, 3.05) is 6.61 Å². The van der Waals surface area contributed by atoms with Crippen molar-refractivity contribution in [3.63, 3.8) is 0 Å². The fourth-order valence-corrected chi connectivity index (χ4v) is 3.11. The quantitative estimate of drug-likeness (QED) is 0.592. The number of aryl methyl sites for hydroxylation is 2. The third-order valence-electron chi connectivity index (χ3n) is 3.13. The first kappa shape index (κ1) is 13.6. The first-order chi connectivity index (χ1) is 10.1. The van der Waals surface area contributed by atoms with Gasteiger partial charge in [-0.1, -0.05) is 0 Å². The molecule has 0 aromatic carbocycles. The van der Waals surface area contributed by atoms with Crippen LogP contribution in [-0.4, -0.2) is 33.1 Å². The summed E-state index contributed by atoms with van der Waals surface area (Å²) in [5.41, 5.74) is 1.30. The molecule has 0 saturated heterocycles.